The minimum Gasteiger partial charge on any atom is -0.356 e. The first-order valence-corrected chi connectivity index (χ1v) is 8.41. The van der Waals surface area contributed by atoms with Gasteiger partial charge in [-0.3, -0.25) is 4.79 Å². The van der Waals surface area contributed by atoms with Gasteiger partial charge in [0.25, 0.3) is 0 Å². The van der Waals surface area contributed by atoms with E-state index in [1.807, 2.05) is 0 Å². The zero-order chi connectivity index (χ0) is 16.1. The van der Waals surface area contributed by atoms with Gasteiger partial charge in [0.2, 0.25) is 15.9 Å². The highest BCUT2D eigenvalue weighted by Gasteiger charge is 2.13. The number of sulfonamides is 1. The van der Waals surface area contributed by atoms with Crippen LogP contribution in [-0.4, -0.2) is 27.9 Å². The molecular weight excluding hydrogens is 288 g/mol. The highest BCUT2D eigenvalue weighted by Crippen LogP contribution is 2.12. The molecule has 118 valence electrons. The molecule has 0 aliphatic rings. The van der Waals surface area contributed by atoms with E-state index in [1.165, 1.54) is 7.05 Å². The van der Waals surface area contributed by atoms with Gasteiger partial charge in [0, 0.05) is 13.0 Å². The molecule has 5 nitrogen and oxygen atoms in total. The van der Waals surface area contributed by atoms with E-state index in [1.54, 1.807) is 24.3 Å². The quantitative estimate of drug-likeness (QED) is 0.839. The SMILES string of the molecule is CNS(=O)(=O)c1ccc(CCC(=O)NCC(C)(C)C)cc1. The van der Waals surface area contributed by atoms with Crippen LogP contribution in [0, 0.1) is 5.41 Å². The van der Waals surface area contributed by atoms with E-state index < -0.39 is 10.0 Å². The standard InChI is InChI=1S/C15H24N2O3S/c1-15(2,3)11-17-14(18)10-7-12-5-8-13(9-6-12)21(19,20)16-4/h5-6,8-9,16H,7,10-11H2,1-4H3,(H,17,18). The molecule has 0 aliphatic carbocycles. The third-order valence-electron chi connectivity index (χ3n) is 2.96. The molecule has 6 heteroatoms. The molecule has 1 amide bonds. The van der Waals surface area contributed by atoms with E-state index in [0.29, 0.717) is 19.4 Å². The topological polar surface area (TPSA) is 75.3 Å². The van der Waals surface area contributed by atoms with Crippen molar-refractivity contribution < 1.29 is 13.2 Å². The second-order valence-corrected chi connectivity index (χ2v) is 8.08. The summed E-state index contributed by atoms with van der Waals surface area (Å²) in [5.41, 5.74) is 1.01. The van der Waals surface area contributed by atoms with Gasteiger partial charge >= 0.3 is 0 Å². The van der Waals surface area contributed by atoms with E-state index in [9.17, 15) is 13.2 Å². The molecule has 0 spiro atoms. The van der Waals surface area contributed by atoms with E-state index in [4.69, 9.17) is 0 Å². The lowest BCUT2D eigenvalue weighted by Gasteiger charge is -2.18. The largest absolute Gasteiger partial charge is 0.356 e. The highest BCUT2D eigenvalue weighted by molar-refractivity contribution is 7.89. The summed E-state index contributed by atoms with van der Waals surface area (Å²) in [6.45, 7) is 6.84. The molecular formula is C15H24N2O3S. The fourth-order valence-electron chi connectivity index (χ4n) is 1.66. The molecule has 1 rings (SSSR count). The fourth-order valence-corrected chi connectivity index (χ4v) is 2.39. The zero-order valence-corrected chi connectivity index (χ0v) is 13.9. The van der Waals surface area contributed by atoms with Crippen molar-refractivity contribution in [3.05, 3.63) is 29.8 Å². The molecule has 0 aromatic heterocycles. The molecule has 0 atom stereocenters. The Labute approximate surface area is 127 Å². The number of carbonyl (C=O) groups excluding carboxylic acids is 1. The number of benzene rings is 1. The van der Waals surface area contributed by atoms with Crippen LogP contribution in [0.3, 0.4) is 0 Å². The molecule has 0 aliphatic heterocycles. The number of aryl methyl sites for hydroxylation is 1. The van der Waals surface area contributed by atoms with Gasteiger partial charge in [-0.25, -0.2) is 13.1 Å². The molecule has 1 aromatic rings. The van der Waals surface area contributed by atoms with Crippen molar-refractivity contribution in [3.8, 4) is 0 Å². The van der Waals surface area contributed by atoms with Gasteiger partial charge in [0.05, 0.1) is 4.90 Å². The summed E-state index contributed by atoms with van der Waals surface area (Å²) < 4.78 is 25.4. The Morgan fingerprint density at radius 2 is 1.71 bits per heavy atom. The molecule has 0 bridgehead atoms. The van der Waals surface area contributed by atoms with E-state index in [0.717, 1.165) is 5.56 Å². The summed E-state index contributed by atoms with van der Waals surface area (Å²) >= 11 is 0. The van der Waals surface area contributed by atoms with Crippen LogP contribution in [0.2, 0.25) is 0 Å². The third-order valence-corrected chi connectivity index (χ3v) is 4.39. The minimum absolute atomic E-state index is 0.0110. The molecule has 2 N–H and O–H groups in total. The van der Waals surface area contributed by atoms with Crippen LogP contribution in [0.4, 0.5) is 0 Å². The average molecular weight is 312 g/mol. The van der Waals surface area contributed by atoms with E-state index in [-0.39, 0.29) is 16.2 Å². The second-order valence-electron chi connectivity index (χ2n) is 6.19. The van der Waals surface area contributed by atoms with Gasteiger partial charge < -0.3 is 5.32 Å². The maximum atomic E-state index is 11.7. The predicted octanol–water partition coefficient (Wildman–Crippen LogP) is 1.69. The molecule has 1 aromatic carbocycles. The Kier molecular flexibility index (Phi) is 5.92. The molecule has 0 fully saturated rings. The maximum absolute atomic E-state index is 11.7. The molecule has 0 saturated heterocycles. The number of amides is 1. The average Bonchev–Trinajstić information content (AvgIpc) is 2.42. The molecule has 0 unspecified atom stereocenters. The summed E-state index contributed by atoms with van der Waals surface area (Å²) in [6, 6.07) is 6.57. The van der Waals surface area contributed by atoms with Crippen molar-refractivity contribution in [2.75, 3.05) is 13.6 Å². The van der Waals surface area contributed by atoms with Crippen LogP contribution >= 0.6 is 0 Å². The normalized spacial score (nSPS) is 12.2. The highest BCUT2D eigenvalue weighted by atomic mass is 32.2. The van der Waals surface area contributed by atoms with Crippen molar-refractivity contribution in [1.29, 1.82) is 0 Å². The number of rotatable bonds is 6. The lowest BCUT2D eigenvalue weighted by molar-refractivity contribution is -0.121. The van der Waals surface area contributed by atoms with Crippen LogP contribution < -0.4 is 10.0 Å². The fraction of sp³-hybridized carbons (Fsp3) is 0.533. The van der Waals surface area contributed by atoms with Crippen molar-refractivity contribution in [3.63, 3.8) is 0 Å². The molecule has 0 saturated carbocycles. The summed E-state index contributed by atoms with van der Waals surface area (Å²) in [7, 11) is -2.02. The van der Waals surface area contributed by atoms with Gasteiger partial charge in [-0.2, -0.15) is 0 Å². The smallest absolute Gasteiger partial charge is 0.240 e. The van der Waals surface area contributed by atoms with Crippen LogP contribution in [0.15, 0.2) is 29.2 Å². The number of hydrogen-bond acceptors (Lipinski definition) is 3. The van der Waals surface area contributed by atoms with Gasteiger partial charge in [-0.1, -0.05) is 32.9 Å². The Morgan fingerprint density at radius 3 is 2.19 bits per heavy atom. The molecule has 21 heavy (non-hydrogen) atoms. The van der Waals surface area contributed by atoms with Gasteiger partial charge in [0.15, 0.2) is 0 Å². The van der Waals surface area contributed by atoms with E-state index in [2.05, 4.69) is 30.8 Å². The first kappa shape index (κ1) is 17.7. The minimum atomic E-state index is -3.40. The van der Waals surface area contributed by atoms with Crippen LogP contribution in [-0.2, 0) is 21.2 Å². The monoisotopic (exact) mass is 312 g/mol. The summed E-state index contributed by atoms with van der Waals surface area (Å²) in [6.07, 6.45) is 0.990. The summed E-state index contributed by atoms with van der Waals surface area (Å²) in [4.78, 5) is 11.9. The van der Waals surface area contributed by atoms with E-state index >= 15 is 0 Å². The van der Waals surface area contributed by atoms with Crippen molar-refractivity contribution >= 4 is 15.9 Å². The first-order valence-electron chi connectivity index (χ1n) is 6.93. The maximum Gasteiger partial charge on any atom is 0.240 e. The van der Waals surface area contributed by atoms with Crippen LogP contribution in [0.5, 0.6) is 0 Å². The number of nitrogens with one attached hydrogen (secondary N) is 2. The predicted molar refractivity (Wildman–Crippen MR) is 83.5 cm³/mol. The van der Waals surface area contributed by atoms with Gasteiger partial charge in [0.1, 0.15) is 0 Å². The summed E-state index contributed by atoms with van der Waals surface area (Å²) in [5, 5.41) is 2.89. The van der Waals surface area contributed by atoms with Crippen molar-refractivity contribution in [2.45, 2.75) is 38.5 Å². The molecule has 0 radical (unpaired) electrons. The van der Waals surface area contributed by atoms with Crippen molar-refractivity contribution in [2.24, 2.45) is 5.41 Å². The van der Waals surface area contributed by atoms with Crippen LogP contribution in [0.25, 0.3) is 0 Å². The number of carbonyl (C=O) groups is 1. The van der Waals surface area contributed by atoms with Crippen LogP contribution in [0.1, 0.15) is 32.8 Å². The third kappa shape index (κ3) is 6.27. The Morgan fingerprint density at radius 1 is 1.14 bits per heavy atom. The number of hydrogen-bond donors (Lipinski definition) is 2. The van der Waals surface area contributed by atoms with Gasteiger partial charge in [-0.15, -0.1) is 0 Å². The lowest BCUT2D eigenvalue weighted by Crippen LogP contribution is -2.32. The second kappa shape index (κ2) is 7.04. The molecule has 0 heterocycles. The summed E-state index contributed by atoms with van der Waals surface area (Å²) in [5.74, 6) is 0.0110. The Hall–Kier alpha value is -1.40. The lowest BCUT2D eigenvalue weighted by atomic mass is 9.97. The first-order chi connectivity index (χ1) is 9.64. The van der Waals surface area contributed by atoms with Crippen molar-refractivity contribution in [1.82, 2.24) is 10.0 Å². The zero-order valence-electron chi connectivity index (χ0n) is 13.1. The Balaban J connectivity index is 2.52. The Bertz CT molecular complexity index is 572. The van der Waals surface area contributed by atoms with Gasteiger partial charge in [-0.05, 0) is 36.6 Å².